The van der Waals surface area contributed by atoms with Crippen LogP contribution in [0.4, 0.5) is 0 Å². The first-order valence-electron chi connectivity index (χ1n) is 4.51. The highest BCUT2D eigenvalue weighted by molar-refractivity contribution is 6.69. The third kappa shape index (κ3) is 5.62. The SMILES string of the molecule is C=CC[C@@](C)(CC#N)O[Si](C)(C)C. The summed E-state index contributed by atoms with van der Waals surface area (Å²) in [6.07, 6.45) is 2.99. The van der Waals surface area contributed by atoms with E-state index in [0.717, 1.165) is 6.42 Å². The van der Waals surface area contributed by atoms with E-state index in [0.29, 0.717) is 6.42 Å². The maximum atomic E-state index is 8.68. The van der Waals surface area contributed by atoms with Gasteiger partial charge in [-0.05, 0) is 33.0 Å². The van der Waals surface area contributed by atoms with Crippen LogP contribution in [0.15, 0.2) is 12.7 Å². The van der Waals surface area contributed by atoms with Gasteiger partial charge in [0.2, 0.25) is 0 Å². The maximum Gasteiger partial charge on any atom is 0.184 e. The first-order chi connectivity index (χ1) is 5.83. The Morgan fingerprint density at radius 2 is 2.08 bits per heavy atom. The molecule has 74 valence electrons. The first kappa shape index (κ1) is 12.4. The van der Waals surface area contributed by atoms with Gasteiger partial charge in [-0.15, -0.1) is 6.58 Å². The van der Waals surface area contributed by atoms with Gasteiger partial charge in [0, 0.05) is 0 Å². The predicted molar refractivity (Wildman–Crippen MR) is 57.9 cm³/mol. The van der Waals surface area contributed by atoms with Crippen molar-refractivity contribution in [1.29, 1.82) is 5.26 Å². The highest BCUT2D eigenvalue weighted by Gasteiger charge is 2.30. The van der Waals surface area contributed by atoms with Crippen LogP contribution in [0.1, 0.15) is 19.8 Å². The van der Waals surface area contributed by atoms with Gasteiger partial charge in [0.1, 0.15) is 0 Å². The van der Waals surface area contributed by atoms with Gasteiger partial charge < -0.3 is 4.43 Å². The van der Waals surface area contributed by atoms with Crippen LogP contribution in [0.5, 0.6) is 0 Å². The summed E-state index contributed by atoms with van der Waals surface area (Å²) in [6, 6.07) is 2.17. The molecule has 3 heteroatoms. The average molecular weight is 197 g/mol. The van der Waals surface area contributed by atoms with Crippen LogP contribution >= 0.6 is 0 Å². The Bertz CT molecular complexity index is 214. The lowest BCUT2D eigenvalue weighted by Crippen LogP contribution is -2.40. The summed E-state index contributed by atoms with van der Waals surface area (Å²) >= 11 is 0. The van der Waals surface area contributed by atoms with Gasteiger partial charge in [-0.25, -0.2) is 0 Å². The molecule has 0 rings (SSSR count). The van der Waals surface area contributed by atoms with Crippen LogP contribution < -0.4 is 0 Å². The van der Waals surface area contributed by atoms with E-state index >= 15 is 0 Å². The Morgan fingerprint density at radius 3 is 2.38 bits per heavy atom. The summed E-state index contributed by atoms with van der Waals surface area (Å²) in [5.74, 6) is 0. The lowest BCUT2D eigenvalue weighted by Gasteiger charge is -2.33. The molecule has 0 heterocycles. The molecule has 0 aromatic rings. The van der Waals surface area contributed by atoms with Gasteiger partial charge in [0.05, 0.1) is 18.1 Å². The molecule has 0 aliphatic heterocycles. The molecular weight excluding hydrogens is 178 g/mol. The number of hydrogen-bond acceptors (Lipinski definition) is 2. The quantitative estimate of drug-likeness (QED) is 0.501. The third-order valence-electron chi connectivity index (χ3n) is 1.58. The number of nitrogens with zero attached hydrogens (tertiary/aromatic N) is 1. The van der Waals surface area contributed by atoms with Gasteiger partial charge in [-0.2, -0.15) is 5.26 Å². The molecule has 0 N–H and O–H groups in total. The smallest absolute Gasteiger partial charge is 0.184 e. The van der Waals surface area contributed by atoms with E-state index in [2.05, 4.69) is 32.3 Å². The van der Waals surface area contributed by atoms with Gasteiger partial charge >= 0.3 is 0 Å². The van der Waals surface area contributed by atoms with Crippen molar-refractivity contribution in [1.82, 2.24) is 0 Å². The minimum atomic E-state index is -1.57. The highest BCUT2D eigenvalue weighted by atomic mass is 28.4. The summed E-state index contributed by atoms with van der Waals surface area (Å²) in [4.78, 5) is 0. The zero-order valence-corrected chi connectivity index (χ0v) is 10.1. The predicted octanol–water partition coefficient (Wildman–Crippen LogP) is 3.09. The second kappa shape index (κ2) is 4.59. The topological polar surface area (TPSA) is 33.0 Å². The van der Waals surface area contributed by atoms with E-state index in [1.165, 1.54) is 0 Å². The van der Waals surface area contributed by atoms with Crippen molar-refractivity contribution in [3.63, 3.8) is 0 Å². The molecule has 0 bridgehead atoms. The second-order valence-electron chi connectivity index (χ2n) is 4.49. The largest absolute Gasteiger partial charge is 0.411 e. The molecule has 0 aliphatic rings. The Morgan fingerprint density at radius 1 is 1.54 bits per heavy atom. The monoisotopic (exact) mass is 197 g/mol. The normalized spacial score (nSPS) is 15.9. The number of nitriles is 1. The fraction of sp³-hybridized carbons (Fsp3) is 0.700. The van der Waals surface area contributed by atoms with Crippen molar-refractivity contribution in [3.8, 4) is 6.07 Å². The van der Waals surface area contributed by atoms with E-state index < -0.39 is 8.32 Å². The van der Waals surface area contributed by atoms with Crippen LogP contribution in [-0.4, -0.2) is 13.9 Å². The van der Waals surface area contributed by atoms with Crippen molar-refractivity contribution in [2.45, 2.75) is 45.0 Å². The van der Waals surface area contributed by atoms with Crippen molar-refractivity contribution >= 4 is 8.32 Å². The summed E-state index contributed by atoms with van der Waals surface area (Å²) in [5.41, 5.74) is -0.332. The van der Waals surface area contributed by atoms with E-state index in [9.17, 15) is 0 Å². The van der Waals surface area contributed by atoms with Crippen molar-refractivity contribution < 1.29 is 4.43 Å². The molecule has 0 aromatic heterocycles. The Kier molecular flexibility index (Phi) is 4.38. The van der Waals surface area contributed by atoms with E-state index in [1.807, 2.05) is 13.0 Å². The van der Waals surface area contributed by atoms with E-state index in [4.69, 9.17) is 9.69 Å². The average Bonchev–Trinajstić information content (AvgIpc) is 1.82. The minimum absolute atomic E-state index is 0.332. The Balaban J connectivity index is 4.42. The fourth-order valence-electron chi connectivity index (χ4n) is 1.36. The molecule has 0 saturated carbocycles. The molecule has 1 atom stereocenters. The third-order valence-corrected chi connectivity index (χ3v) is 2.69. The van der Waals surface area contributed by atoms with Crippen molar-refractivity contribution in [2.24, 2.45) is 0 Å². The van der Waals surface area contributed by atoms with Gasteiger partial charge in [0.15, 0.2) is 8.32 Å². The molecule has 0 saturated heterocycles. The van der Waals surface area contributed by atoms with Gasteiger partial charge in [-0.1, -0.05) is 6.08 Å². The zero-order chi connectivity index (χ0) is 10.5. The lowest BCUT2D eigenvalue weighted by molar-refractivity contribution is 0.0888. The minimum Gasteiger partial charge on any atom is -0.411 e. The zero-order valence-electron chi connectivity index (χ0n) is 9.05. The molecule has 0 aliphatic carbocycles. The molecule has 0 unspecified atom stereocenters. The second-order valence-corrected chi connectivity index (χ2v) is 8.92. The fourth-order valence-corrected chi connectivity index (χ4v) is 3.00. The van der Waals surface area contributed by atoms with Crippen LogP contribution in [0, 0.1) is 11.3 Å². The molecule has 0 spiro atoms. The Labute approximate surface area is 82.3 Å². The summed E-state index contributed by atoms with van der Waals surface area (Å²) < 4.78 is 5.95. The summed E-state index contributed by atoms with van der Waals surface area (Å²) in [7, 11) is -1.57. The van der Waals surface area contributed by atoms with Gasteiger partial charge in [0.25, 0.3) is 0 Å². The summed E-state index contributed by atoms with van der Waals surface area (Å²) in [6.45, 7) is 12.1. The van der Waals surface area contributed by atoms with Crippen LogP contribution in [0.2, 0.25) is 19.6 Å². The molecular formula is C10H19NOSi. The molecule has 0 radical (unpaired) electrons. The molecule has 2 nitrogen and oxygen atoms in total. The van der Waals surface area contributed by atoms with Crippen LogP contribution in [-0.2, 0) is 4.43 Å². The van der Waals surface area contributed by atoms with Crippen LogP contribution in [0.3, 0.4) is 0 Å². The van der Waals surface area contributed by atoms with E-state index in [-0.39, 0.29) is 5.60 Å². The Hall–Kier alpha value is -0.593. The van der Waals surface area contributed by atoms with Crippen molar-refractivity contribution in [3.05, 3.63) is 12.7 Å². The number of hydrogen-bond donors (Lipinski definition) is 0. The lowest BCUT2D eigenvalue weighted by atomic mass is 9.99. The van der Waals surface area contributed by atoms with Crippen LogP contribution in [0.25, 0.3) is 0 Å². The first-order valence-corrected chi connectivity index (χ1v) is 7.92. The van der Waals surface area contributed by atoms with Gasteiger partial charge in [-0.3, -0.25) is 0 Å². The molecule has 0 amide bonds. The highest BCUT2D eigenvalue weighted by Crippen LogP contribution is 2.24. The van der Waals surface area contributed by atoms with E-state index in [1.54, 1.807) is 0 Å². The molecule has 0 fully saturated rings. The standard InChI is InChI=1S/C10H19NOSi/c1-6-7-10(2,8-9-11)12-13(3,4)5/h6H,1,7-8H2,2-5H3/t10-/m0/s1. The molecule has 0 aromatic carbocycles. The number of rotatable bonds is 5. The van der Waals surface area contributed by atoms with Crippen molar-refractivity contribution in [2.75, 3.05) is 0 Å². The molecule has 13 heavy (non-hydrogen) atoms. The summed E-state index contributed by atoms with van der Waals surface area (Å²) in [5, 5.41) is 8.68. The maximum absolute atomic E-state index is 8.68.